The van der Waals surface area contributed by atoms with Gasteiger partial charge in [-0.15, -0.1) is 24.0 Å². The maximum absolute atomic E-state index is 9.91. The number of unbranched alkanes of at least 4 members (excludes halogenated alkanes) is 1. The minimum Gasteiger partial charge on any atom is -0.508 e. The summed E-state index contributed by atoms with van der Waals surface area (Å²) >= 11 is 1.88. The molecule has 0 fully saturated rings. The van der Waals surface area contributed by atoms with Crippen molar-refractivity contribution in [2.75, 3.05) is 39.3 Å². The molecule has 0 aliphatic carbocycles. The van der Waals surface area contributed by atoms with Crippen LogP contribution in [0.25, 0.3) is 0 Å². The van der Waals surface area contributed by atoms with Gasteiger partial charge in [-0.25, -0.2) is 0 Å². The first kappa shape index (κ1) is 22.2. The molecule has 0 atom stereocenters. The first-order valence-corrected chi connectivity index (χ1v) is 8.90. The Morgan fingerprint density at radius 1 is 1.26 bits per heavy atom. The third kappa shape index (κ3) is 9.14. The molecule has 0 saturated heterocycles. The van der Waals surface area contributed by atoms with E-state index >= 15 is 0 Å². The molecule has 0 radical (unpaired) electrons. The number of nitrogens with one attached hydrogen (secondary N) is 2. The number of methoxy groups -OCH3 is 1. The zero-order valence-electron chi connectivity index (χ0n) is 14.1. The second-order valence-electron chi connectivity index (χ2n) is 4.87. The van der Waals surface area contributed by atoms with E-state index in [1.165, 1.54) is 12.2 Å². The Labute approximate surface area is 160 Å². The Morgan fingerprint density at radius 2 is 2.00 bits per heavy atom. The van der Waals surface area contributed by atoms with Gasteiger partial charge < -0.3 is 20.5 Å². The third-order valence-corrected chi connectivity index (χ3v) is 3.97. The van der Waals surface area contributed by atoms with E-state index in [1.54, 1.807) is 20.2 Å². The zero-order valence-corrected chi connectivity index (χ0v) is 17.2. The molecule has 23 heavy (non-hydrogen) atoms. The number of ether oxygens (including phenoxy) is 1. The second-order valence-corrected chi connectivity index (χ2v) is 5.86. The highest BCUT2D eigenvalue weighted by atomic mass is 127. The van der Waals surface area contributed by atoms with Crippen molar-refractivity contribution in [1.29, 1.82) is 0 Å². The summed E-state index contributed by atoms with van der Waals surface area (Å²) in [7, 11) is 3.35. The maximum Gasteiger partial charge on any atom is 0.190 e. The number of aromatic hydroxyl groups is 1. The van der Waals surface area contributed by atoms with E-state index in [0.29, 0.717) is 12.3 Å². The van der Waals surface area contributed by atoms with Crippen LogP contribution in [0, 0.1) is 0 Å². The van der Waals surface area contributed by atoms with E-state index in [-0.39, 0.29) is 29.7 Å². The molecule has 1 aromatic carbocycles. The van der Waals surface area contributed by atoms with Gasteiger partial charge in [-0.05, 0) is 42.9 Å². The van der Waals surface area contributed by atoms with Crippen LogP contribution in [-0.2, 0) is 6.42 Å². The number of nitrogens with zero attached hydrogens (tertiary/aromatic N) is 1. The number of phenolic OH excluding ortho intramolecular Hbond substituents is 1. The predicted molar refractivity (Wildman–Crippen MR) is 111 cm³/mol. The number of benzene rings is 1. The molecule has 0 aliphatic rings. The van der Waals surface area contributed by atoms with Crippen LogP contribution >= 0.6 is 35.7 Å². The Morgan fingerprint density at radius 3 is 2.61 bits per heavy atom. The predicted octanol–water partition coefficient (Wildman–Crippen LogP) is 2.87. The lowest BCUT2D eigenvalue weighted by atomic mass is 10.1. The van der Waals surface area contributed by atoms with Crippen molar-refractivity contribution in [3.8, 4) is 11.5 Å². The normalized spacial score (nSPS) is 10.8. The smallest absolute Gasteiger partial charge is 0.190 e. The topological polar surface area (TPSA) is 65.9 Å². The summed E-state index contributed by atoms with van der Waals surface area (Å²) in [5, 5.41) is 16.5. The largest absolute Gasteiger partial charge is 0.508 e. The summed E-state index contributed by atoms with van der Waals surface area (Å²) in [6, 6.07) is 5.37. The van der Waals surface area contributed by atoms with E-state index in [2.05, 4.69) is 21.9 Å². The highest BCUT2D eigenvalue weighted by molar-refractivity contribution is 14.0. The van der Waals surface area contributed by atoms with Crippen LogP contribution in [0.5, 0.6) is 11.5 Å². The minimum atomic E-state index is 0. The number of hydrogen-bond donors (Lipinski definition) is 3. The molecule has 132 valence electrons. The number of rotatable bonds is 9. The van der Waals surface area contributed by atoms with Crippen LogP contribution in [-0.4, -0.2) is 50.3 Å². The number of thioether (sulfide) groups is 1. The van der Waals surface area contributed by atoms with Crippen molar-refractivity contribution in [2.24, 2.45) is 4.99 Å². The Balaban J connectivity index is 0.00000484. The molecule has 5 nitrogen and oxygen atoms in total. The molecule has 1 rings (SSSR count). The van der Waals surface area contributed by atoms with Gasteiger partial charge in [0, 0.05) is 26.2 Å². The van der Waals surface area contributed by atoms with Crippen molar-refractivity contribution >= 4 is 41.7 Å². The van der Waals surface area contributed by atoms with E-state index in [1.807, 2.05) is 23.9 Å². The Kier molecular flexibility index (Phi) is 13.1. The molecule has 0 saturated carbocycles. The van der Waals surface area contributed by atoms with Crippen molar-refractivity contribution in [3.63, 3.8) is 0 Å². The van der Waals surface area contributed by atoms with Crippen molar-refractivity contribution in [3.05, 3.63) is 23.8 Å². The Bertz CT molecular complexity index is 473. The lowest BCUT2D eigenvalue weighted by molar-refractivity contribution is 0.406. The van der Waals surface area contributed by atoms with Crippen molar-refractivity contribution in [1.82, 2.24) is 10.6 Å². The van der Waals surface area contributed by atoms with Crippen LogP contribution in [0.4, 0.5) is 0 Å². The first-order valence-electron chi connectivity index (χ1n) is 7.50. The Hall–Kier alpha value is -0.830. The molecule has 1 aromatic rings. The summed E-state index contributed by atoms with van der Waals surface area (Å²) in [5.41, 5.74) is 0.892. The van der Waals surface area contributed by atoms with Crippen molar-refractivity contribution in [2.45, 2.75) is 19.3 Å². The number of halogens is 1. The molecule has 0 spiro atoms. The van der Waals surface area contributed by atoms with Gasteiger partial charge in [0.1, 0.15) is 11.5 Å². The standard InChI is InChI=1S/C16H27N3O2S.HI/c1-17-16(18-9-4-5-11-22-3)19-10-8-13-6-7-14(21-2)12-15(13)20;/h6-7,12,20H,4-5,8-11H2,1-3H3,(H2,17,18,19);1H. The van der Waals surface area contributed by atoms with Crippen LogP contribution in [0.2, 0.25) is 0 Å². The summed E-state index contributed by atoms with van der Waals surface area (Å²) in [6.45, 7) is 1.64. The summed E-state index contributed by atoms with van der Waals surface area (Å²) in [6.07, 6.45) is 5.21. The van der Waals surface area contributed by atoms with E-state index in [9.17, 15) is 5.11 Å². The van der Waals surface area contributed by atoms with Gasteiger partial charge in [0.15, 0.2) is 5.96 Å². The lowest BCUT2D eigenvalue weighted by Crippen LogP contribution is -2.38. The van der Waals surface area contributed by atoms with Gasteiger partial charge in [-0.1, -0.05) is 6.07 Å². The molecule has 3 N–H and O–H groups in total. The number of hydrogen-bond acceptors (Lipinski definition) is 4. The fourth-order valence-electron chi connectivity index (χ4n) is 2.00. The number of aliphatic imine (C=N–C) groups is 1. The third-order valence-electron chi connectivity index (χ3n) is 3.27. The van der Waals surface area contributed by atoms with Crippen molar-refractivity contribution < 1.29 is 9.84 Å². The highest BCUT2D eigenvalue weighted by Crippen LogP contribution is 2.23. The number of guanidine groups is 1. The van der Waals surface area contributed by atoms with Gasteiger partial charge >= 0.3 is 0 Å². The lowest BCUT2D eigenvalue weighted by Gasteiger charge is -2.12. The molecule has 0 aliphatic heterocycles. The second kappa shape index (κ2) is 13.6. The molecule has 0 unspecified atom stereocenters. The van der Waals surface area contributed by atoms with E-state index < -0.39 is 0 Å². The van der Waals surface area contributed by atoms with Gasteiger partial charge in [-0.2, -0.15) is 11.8 Å². The van der Waals surface area contributed by atoms with Gasteiger partial charge in [-0.3, -0.25) is 4.99 Å². The average molecular weight is 453 g/mol. The van der Waals surface area contributed by atoms with Gasteiger partial charge in [0.25, 0.3) is 0 Å². The molecular weight excluding hydrogens is 425 g/mol. The first-order chi connectivity index (χ1) is 10.7. The molecule has 0 amide bonds. The molecule has 0 aromatic heterocycles. The SMILES string of the molecule is CN=C(NCCCCSC)NCCc1ccc(OC)cc1O.I. The molecule has 0 heterocycles. The van der Waals surface area contributed by atoms with Gasteiger partial charge in [0.05, 0.1) is 7.11 Å². The van der Waals surface area contributed by atoms with Crippen LogP contribution < -0.4 is 15.4 Å². The van der Waals surface area contributed by atoms with Crippen LogP contribution in [0.3, 0.4) is 0 Å². The molecular formula is C16H28IN3O2S. The minimum absolute atomic E-state index is 0. The molecule has 7 heteroatoms. The van der Waals surface area contributed by atoms with Crippen LogP contribution in [0.15, 0.2) is 23.2 Å². The monoisotopic (exact) mass is 453 g/mol. The number of phenols is 1. The van der Waals surface area contributed by atoms with E-state index in [4.69, 9.17) is 4.74 Å². The summed E-state index contributed by atoms with van der Waals surface area (Å²) in [4.78, 5) is 4.19. The molecule has 0 bridgehead atoms. The maximum atomic E-state index is 9.91. The summed E-state index contributed by atoms with van der Waals surface area (Å²) in [5.74, 6) is 2.93. The van der Waals surface area contributed by atoms with E-state index in [0.717, 1.165) is 30.9 Å². The van der Waals surface area contributed by atoms with Crippen LogP contribution in [0.1, 0.15) is 18.4 Å². The fraction of sp³-hybridized carbons (Fsp3) is 0.562. The zero-order chi connectivity index (χ0) is 16.2. The quantitative estimate of drug-likeness (QED) is 0.232. The van der Waals surface area contributed by atoms with Gasteiger partial charge in [0.2, 0.25) is 0 Å². The fourth-order valence-corrected chi connectivity index (χ4v) is 2.49. The summed E-state index contributed by atoms with van der Waals surface area (Å²) < 4.78 is 5.08. The average Bonchev–Trinajstić information content (AvgIpc) is 2.54. The highest BCUT2D eigenvalue weighted by Gasteiger charge is 2.04.